The first-order valence-electron chi connectivity index (χ1n) is 9.07. The normalized spacial score (nSPS) is 46.6. The van der Waals surface area contributed by atoms with E-state index in [2.05, 4.69) is 16.0 Å². The number of nitrogens with two attached hydrogens (primary N) is 1. The first kappa shape index (κ1) is 22.4. The summed E-state index contributed by atoms with van der Waals surface area (Å²) in [5.74, 6) is -2.26. The van der Waals surface area contributed by atoms with Crippen molar-refractivity contribution in [3.8, 4) is 0 Å². The monoisotopic (exact) mass is 392 g/mol. The molecule has 9 atom stereocenters. The molecule has 1 amide bonds. The Balaban J connectivity index is 0.00000261. The van der Waals surface area contributed by atoms with Gasteiger partial charge >= 0.3 is 0 Å². The second-order valence-corrected chi connectivity index (χ2v) is 7.28. The lowest BCUT2D eigenvalue weighted by atomic mass is 9.81. The van der Waals surface area contributed by atoms with Gasteiger partial charge in [0.2, 0.25) is 18.0 Å². The first-order valence-corrected chi connectivity index (χ1v) is 9.07. The third-order valence-corrected chi connectivity index (χ3v) is 5.60. The van der Waals surface area contributed by atoms with Crippen LogP contribution < -0.4 is 21.7 Å². The number of hydrogen-bond acceptors (Lipinski definition) is 9. The van der Waals surface area contributed by atoms with Crippen LogP contribution >= 0.6 is 0 Å². The molecule has 2 saturated heterocycles. The molecule has 0 aromatic heterocycles. The fourth-order valence-electron chi connectivity index (χ4n) is 4.19. The molecule has 3 rings (SSSR count). The summed E-state index contributed by atoms with van der Waals surface area (Å²) in [5, 5.41) is 30.6. The molecular formula is C16H32N4O7. The number of carbonyl (C=O) groups is 1. The minimum Gasteiger partial charge on any atom is -0.412 e. The quantitative estimate of drug-likeness (QED) is 0.279. The summed E-state index contributed by atoms with van der Waals surface area (Å²) in [4.78, 5) is 11.8. The van der Waals surface area contributed by atoms with Crippen LogP contribution in [-0.4, -0.2) is 96.9 Å². The Labute approximate surface area is 158 Å². The van der Waals surface area contributed by atoms with Crippen LogP contribution in [0.1, 0.15) is 19.8 Å². The number of nitrogens with one attached hydrogen (secondary N) is 3. The predicted molar refractivity (Wildman–Crippen MR) is 94.6 cm³/mol. The Hall–Kier alpha value is -0.890. The van der Waals surface area contributed by atoms with Crippen LogP contribution in [-0.2, 0) is 19.0 Å². The molecule has 0 aromatic carbocycles. The predicted octanol–water partition coefficient (Wildman–Crippen LogP) is -3.85. The molecule has 3 unspecified atom stereocenters. The molecule has 11 nitrogen and oxygen atoms in total. The second kappa shape index (κ2) is 8.64. The lowest BCUT2D eigenvalue weighted by Crippen LogP contribution is -2.76. The number of carbonyl (C=O) groups excluding carboxylic acids is 1. The minimum absolute atomic E-state index is 0. The summed E-state index contributed by atoms with van der Waals surface area (Å²) in [6.07, 6.45) is -2.13. The Kier molecular flexibility index (Phi) is 7.17. The number of aliphatic hydroxyl groups excluding tert-OH is 1. The molecule has 0 radical (unpaired) electrons. The van der Waals surface area contributed by atoms with Gasteiger partial charge in [-0.15, -0.1) is 0 Å². The maximum Gasteiger partial charge on any atom is 0.239 e. The van der Waals surface area contributed by atoms with Gasteiger partial charge < -0.3 is 51.6 Å². The first-order chi connectivity index (χ1) is 12.3. The van der Waals surface area contributed by atoms with Gasteiger partial charge in [-0.3, -0.25) is 4.79 Å². The van der Waals surface area contributed by atoms with Crippen molar-refractivity contribution in [2.24, 2.45) is 5.73 Å². The number of fused-ring (bicyclic) bond motifs is 2. The third kappa shape index (κ3) is 3.97. The van der Waals surface area contributed by atoms with E-state index in [4.69, 9.17) is 19.9 Å². The lowest BCUT2D eigenvalue weighted by molar-refractivity contribution is -0.442. The van der Waals surface area contributed by atoms with Crippen molar-refractivity contribution in [1.29, 1.82) is 0 Å². The molecule has 1 aliphatic carbocycles. The highest BCUT2D eigenvalue weighted by atomic mass is 16.8. The van der Waals surface area contributed by atoms with Gasteiger partial charge in [0, 0.05) is 6.04 Å². The Morgan fingerprint density at radius 1 is 1.26 bits per heavy atom. The molecule has 2 aliphatic heterocycles. The van der Waals surface area contributed by atoms with E-state index < -0.39 is 42.3 Å². The van der Waals surface area contributed by atoms with Crippen LogP contribution in [0.3, 0.4) is 0 Å². The van der Waals surface area contributed by atoms with Crippen molar-refractivity contribution >= 4 is 5.91 Å². The molecule has 2 heterocycles. The summed E-state index contributed by atoms with van der Waals surface area (Å²) < 4.78 is 17.9. The van der Waals surface area contributed by atoms with Crippen molar-refractivity contribution in [1.82, 2.24) is 16.0 Å². The van der Waals surface area contributed by atoms with Gasteiger partial charge in [-0.1, -0.05) is 0 Å². The second-order valence-electron chi connectivity index (χ2n) is 7.28. The maximum absolute atomic E-state index is 11.8. The van der Waals surface area contributed by atoms with Crippen molar-refractivity contribution in [3.63, 3.8) is 0 Å². The number of rotatable bonds is 4. The van der Waals surface area contributed by atoms with Gasteiger partial charge in [-0.05, 0) is 33.9 Å². The maximum atomic E-state index is 11.8. The summed E-state index contributed by atoms with van der Waals surface area (Å²) >= 11 is 0. The highest BCUT2D eigenvalue weighted by Gasteiger charge is 2.61. The van der Waals surface area contributed by atoms with Crippen molar-refractivity contribution in [2.75, 3.05) is 20.6 Å². The zero-order valence-corrected chi connectivity index (χ0v) is 15.8. The van der Waals surface area contributed by atoms with Crippen LogP contribution in [0.2, 0.25) is 0 Å². The molecular weight excluding hydrogens is 360 g/mol. The molecule has 3 aliphatic rings. The molecule has 11 heteroatoms. The number of hydrogen-bond donors (Lipinski definition) is 6. The largest absolute Gasteiger partial charge is 0.412 e. The molecule has 27 heavy (non-hydrogen) atoms. The standard InChI is InChI=1S/C16H30N4O6.H2O/c1-7-4-10(20-11(21)6-17)16(23)15(24-7)25-9-5-8(18-2)13(22)12(19-3)14(9)26-16;/h7-10,12-15,18-19,22-23H,4-6,17H2,1-3H3,(H,20,21);1H2/t7-,8+,9?,10-,12+,13+,14?,15?,16+;/m1./s1. The lowest BCUT2D eigenvalue weighted by Gasteiger charge is -2.56. The van der Waals surface area contributed by atoms with E-state index in [1.165, 1.54) is 0 Å². The highest BCUT2D eigenvalue weighted by Crippen LogP contribution is 2.41. The Morgan fingerprint density at radius 2 is 1.96 bits per heavy atom. The van der Waals surface area contributed by atoms with E-state index in [-0.39, 0.29) is 30.3 Å². The fourth-order valence-corrected chi connectivity index (χ4v) is 4.19. The molecule has 0 spiro atoms. The van der Waals surface area contributed by atoms with Crippen molar-refractivity contribution < 1.29 is 34.7 Å². The van der Waals surface area contributed by atoms with Crippen molar-refractivity contribution in [3.05, 3.63) is 0 Å². The zero-order valence-electron chi connectivity index (χ0n) is 15.8. The molecule has 158 valence electrons. The van der Waals surface area contributed by atoms with Gasteiger partial charge in [0.15, 0.2) is 0 Å². The number of amides is 1. The van der Waals surface area contributed by atoms with E-state index >= 15 is 0 Å². The van der Waals surface area contributed by atoms with Crippen LogP contribution in [0.4, 0.5) is 0 Å². The van der Waals surface area contributed by atoms with Gasteiger partial charge in [-0.25, -0.2) is 0 Å². The SMILES string of the molecule is CN[C@H]1CC2OC3O[C@H](C)C[C@@H](NC(=O)CN)[C@]3(O)OC2[C@@H](NC)[C@H]1O.O. The summed E-state index contributed by atoms with van der Waals surface area (Å²) in [7, 11) is 3.49. The number of likely N-dealkylation sites (N-methyl/N-ethyl adjacent to an activating group) is 2. The highest BCUT2D eigenvalue weighted by molar-refractivity contribution is 5.78. The van der Waals surface area contributed by atoms with Crippen molar-refractivity contribution in [2.45, 2.75) is 74.4 Å². The molecule has 0 bridgehead atoms. The van der Waals surface area contributed by atoms with Gasteiger partial charge in [-0.2, -0.15) is 0 Å². The minimum atomic E-state index is -1.86. The number of ether oxygens (including phenoxy) is 3. The van der Waals surface area contributed by atoms with Gasteiger partial charge in [0.05, 0.1) is 36.9 Å². The molecule has 0 aromatic rings. The summed E-state index contributed by atoms with van der Waals surface area (Å²) in [5.41, 5.74) is 5.39. The topological polar surface area (TPSA) is 179 Å². The van der Waals surface area contributed by atoms with E-state index in [1.54, 1.807) is 14.1 Å². The average Bonchev–Trinajstić information content (AvgIpc) is 2.61. The van der Waals surface area contributed by atoms with Gasteiger partial charge in [0.25, 0.3) is 0 Å². The van der Waals surface area contributed by atoms with E-state index in [0.717, 1.165) is 0 Å². The van der Waals surface area contributed by atoms with E-state index in [1.807, 2.05) is 6.92 Å². The zero-order chi connectivity index (χ0) is 19.1. The van der Waals surface area contributed by atoms with Gasteiger partial charge in [0.1, 0.15) is 6.10 Å². The summed E-state index contributed by atoms with van der Waals surface area (Å²) in [6, 6.07) is -1.37. The smallest absolute Gasteiger partial charge is 0.239 e. The average molecular weight is 392 g/mol. The van der Waals surface area contributed by atoms with Crippen LogP contribution in [0.5, 0.6) is 0 Å². The molecule has 1 saturated carbocycles. The molecule has 9 N–H and O–H groups in total. The summed E-state index contributed by atoms with van der Waals surface area (Å²) in [6.45, 7) is 1.65. The van der Waals surface area contributed by atoms with Crippen LogP contribution in [0.25, 0.3) is 0 Å². The molecule has 3 fully saturated rings. The third-order valence-electron chi connectivity index (χ3n) is 5.60. The van der Waals surface area contributed by atoms with E-state index in [0.29, 0.717) is 12.8 Å². The Morgan fingerprint density at radius 3 is 2.56 bits per heavy atom. The van der Waals surface area contributed by atoms with Crippen LogP contribution in [0.15, 0.2) is 0 Å². The van der Waals surface area contributed by atoms with E-state index in [9.17, 15) is 15.0 Å². The number of aliphatic hydroxyl groups is 2. The van der Waals surface area contributed by atoms with Crippen LogP contribution in [0, 0.1) is 0 Å². The Bertz CT molecular complexity index is 527. The fraction of sp³-hybridized carbons (Fsp3) is 0.938.